The highest BCUT2D eigenvalue weighted by Gasteiger charge is 2.34. The van der Waals surface area contributed by atoms with E-state index >= 15 is 0 Å². The van der Waals surface area contributed by atoms with Crippen LogP contribution in [0.1, 0.15) is 17.0 Å². The molecule has 2 aromatic rings. The largest absolute Gasteiger partial charge is 0.417 e. The Morgan fingerprint density at radius 2 is 2.14 bits per heavy atom. The number of thiocarbonyl (C=S) groups is 1. The number of aromatic nitrogens is 3. The van der Waals surface area contributed by atoms with E-state index in [2.05, 4.69) is 27.7 Å². The van der Waals surface area contributed by atoms with Crippen LogP contribution in [0.2, 0.25) is 0 Å². The van der Waals surface area contributed by atoms with E-state index in [9.17, 15) is 13.2 Å². The van der Waals surface area contributed by atoms with Gasteiger partial charge in [-0.3, -0.25) is 0 Å². The number of rotatable bonds is 4. The normalized spacial score (nSPS) is 11.4. The van der Waals surface area contributed by atoms with Crippen LogP contribution in [0.3, 0.4) is 0 Å². The molecule has 0 saturated heterocycles. The highest BCUT2D eigenvalue weighted by Crippen LogP contribution is 2.33. The summed E-state index contributed by atoms with van der Waals surface area (Å²) in [5.74, 6) is 0.599. The summed E-state index contributed by atoms with van der Waals surface area (Å²) in [5, 5.41) is 10.4. The second-order valence-corrected chi connectivity index (χ2v) is 4.77. The molecule has 1 heterocycles. The van der Waals surface area contributed by atoms with Crippen LogP contribution < -0.4 is 11.1 Å². The quantitative estimate of drug-likeness (QED) is 0.846. The summed E-state index contributed by atoms with van der Waals surface area (Å²) in [4.78, 5) is -0.290. The number of nitrogens with two attached hydrogens (primary N) is 1. The molecule has 0 aliphatic heterocycles. The van der Waals surface area contributed by atoms with Crippen molar-refractivity contribution in [2.75, 3.05) is 5.32 Å². The molecule has 1 aromatic carbocycles. The highest BCUT2D eigenvalue weighted by molar-refractivity contribution is 7.80. The molecule has 0 aliphatic carbocycles. The molecule has 5 nitrogen and oxygen atoms in total. The lowest BCUT2D eigenvalue weighted by atomic mass is 10.1. The summed E-state index contributed by atoms with van der Waals surface area (Å²) >= 11 is 4.64. The molecule has 112 valence electrons. The Morgan fingerprint density at radius 1 is 1.43 bits per heavy atom. The van der Waals surface area contributed by atoms with Crippen LogP contribution in [-0.2, 0) is 19.8 Å². The minimum Gasteiger partial charge on any atom is -0.389 e. The van der Waals surface area contributed by atoms with Crippen LogP contribution in [0.5, 0.6) is 0 Å². The third-order valence-electron chi connectivity index (χ3n) is 2.85. The van der Waals surface area contributed by atoms with Crippen molar-refractivity contribution in [1.29, 1.82) is 0 Å². The second kappa shape index (κ2) is 5.68. The lowest BCUT2D eigenvalue weighted by molar-refractivity contribution is -0.137. The van der Waals surface area contributed by atoms with Crippen molar-refractivity contribution in [3.05, 3.63) is 41.5 Å². The first-order valence-electron chi connectivity index (χ1n) is 5.87. The van der Waals surface area contributed by atoms with Gasteiger partial charge in [-0.2, -0.15) is 13.2 Å². The fourth-order valence-electron chi connectivity index (χ4n) is 1.75. The van der Waals surface area contributed by atoms with E-state index in [0.29, 0.717) is 11.5 Å². The van der Waals surface area contributed by atoms with Crippen molar-refractivity contribution < 1.29 is 13.2 Å². The molecule has 0 amide bonds. The van der Waals surface area contributed by atoms with Crippen LogP contribution in [0.25, 0.3) is 0 Å². The third kappa shape index (κ3) is 3.48. The molecule has 21 heavy (non-hydrogen) atoms. The van der Waals surface area contributed by atoms with Gasteiger partial charge in [0.05, 0.1) is 12.1 Å². The van der Waals surface area contributed by atoms with Gasteiger partial charge >= 0.3 is 6.18 Å². The van der Waals surface area contributed by atoms with Crippen molar-refractivity contribution in [3.63, 3.8) is 0 Å². The molecule has 0 aliphatic rings. The van der Waals surface area contributed by atoms with Gasteiger partial charge in [-0.25, -0.2) is 0 Å². The van der Waals surface area contributed by atoms with E-state index in [1.165, 1.54) is 18.5 Å². The van der Waals surface area contributed by atoms with Crippen molar-refractivity contribution >= 4 is 22.9 Å². The van der Waals surface area contributed by atoms with Crippen LogP contribution in [0.15, 0.2) is 24.5 Å². The van der Waals surface area contributed by atoms with Gasteiger partial charge in [-0.1, -0.05) is 12.2 Å². The van der Waals surface area contributed by atoms with Gasteiger partial charge in [0.15, 0.2) is 5.82 Å². The summed E-state index contributed by atoms with van der Waals surface area (Å²) in [7, 11) is 1.74. The molecular weight excluding hydrogens is 303 g/mol. The highest BCUT2D eigenvalue weighted by atomic mass is 32.1. The molecule has 0 spiro atoms. The van der Waals surface area contributed by atoms with E-state index in [0.717, 1.165) is 6.07 Å². The SMILES string of the molecule is Cn1cnnc1CNc1ccc(C(N)=S)c(C(F)(F)F)c1. The minimum absolute atomic E-state index is 0.193. The maximum atomic E-state index is 13.0. The average molecular weight is 315 g/mol. The van der Waals surface area contributed by atoms with Crippen LogP contribution in [0, 0.1) is 0 Å². The topological polar surface area (TPSA) is 68.8 Å². The van der Waals surface area contributed by atoms with E-state index in [4.69, 9.17) is 5.73 Å². The number of halogens is 3. The smallest absolute Gasteiger partial charge is 0.389 e. The number of alkyl halides is 3. The van der Waals surface area contributed by atoms with Crippen molar-refractivity contribution in [1.82, 2.24) is 14.8 Å². The minimum atomic E-state index is -4.53. The summed E-state index contributed by atoms with van der Waals surface area (Å²) in [6.45, 7) is 0.250. The summed E-state index contributed by atoms with van der Waals surface area (Å²) in [6, 6.07) is 3.72. The molecule has 0 atom stereocenters. The maximum absolute atomic E-state index is 13.0. The number of benzene rings is 1. The van der Waals surface area contributed by atoms with Crippen LogP contribution >= 0.6 is 12.2 Å². The zero-order valence-electron chi connectivity index (χ0n) is 11.0. The number of aryl methyl sites for hydroxylation is 1. The summed E-state index contributed by atoms with van der Waals surface area (Å²) in [5.41, 5.74) is 4.56. The van der Waals surface area contributed by atoms with E-state index in [1.807, 2.05) is 0 Å². The van der Waals surface area contributed by atoms with Gasteiger partial charge in [-0.15, -0.1) is 10.2 Å². The molecule has 0 fully saturated rings. The zero-order chi connectivity index (χ0) is 15.6. The first-order chi connectivity index (χ1) is 9.79. The first-order valence-corrected chi connectivity index (χ1v) is 6.27. The Balaban J connectivity index is 2.26. The Hall–Kier alpha value is -2.16. The second-order valence-electron chi connectivity index (χ2n) is 4.33. The van der Waals surface area contributed by atoms with Crippen molar-refractivity contribution in [2.45, 2.75) is 12.7 Å². The predicted molar refractivity (Wildman–Crippen MR) is 75.7 cm³/mol. The maximum Gasteiger partial charge on any atom is 0.417 e. The number of anilines is 1. The molecule has 0 unspecified atom stereocenters. The van der Waals surface area contributed by atoms with Crippen LogP contribution in [-0.4, -0.2) is 19.8 Å². The van der Waals surface area contributed by atoms with Gasteiger partial charge in [0, 0.05) is 18.3 Å². The van der Waals surface area contributed by atoms with E-state index in [-0.39, 0.29) is 17.1 Å². The number of hydrogen-bond donors (Lipinski definition) is 2. The molecule has 0 radical (unpaired) electrons. The lowest BCUT2D eigenvalue weighted by Gasteiger charge is -2.14. The van der Waals surface area contributed by atoms with E-state index in [1.54, 1.807) is 11.6 Å². The van der Waals surface area contributed by atoms with Gasteiger partial charge < -0.3 is 15.6 Å². The fraction of sp³-hybridized carbons (Fsp3) is 0.250. The van der Waals surface area contributed by atoms with Gasteiger partial charge in [0.1, 0.15) is 11.3 Å². The Morgan fingerprint density at radius 3 is 2.67 bits per heavy atom. The Kier molecular flexibility index (Phi) is 4.12. The fourth-order valence-corrected chi connectivity index (χ4v) is 1.93. The standard InChI is InChI=1S/C12H12F3N5S/c1-20-6-18-19-10(20)5-17-7-2-3-8(11(16)21)9(4-7)12(13,14)15/h2-4,6,17H,5H2,1H3,(H2,16,21). The van der Waals surface area contributed by atoms with Crippen LogP contribution in [0.4, 0.5) is 18.9 Å². The van der Waals surface area contributed by atoms with Crippen molar-refractivity contribution in [2.24, 2.45) is 12.8 Å². The monoisotopic (exact) mass is 315 g/mol. The third-order valence-corrected chi connectivity index (χ3v) is 3.07. The number of nitrogens with zero attached hydrogens (tertiary/aromatic N) is 3. The van der Waals surface area contributed by atoms with Gasteiger partial charge in [0.25, 0.3) is 0 Å². The molecular formula is C12H12F3N5S. The van der Waals surface area contributed by atoms with Crippen molar-refractivity contribution in [3.8, 4) is 0 Å². The first kappa shape index (κ1) is 15.2. The molecule has 9 heteroatoms. The number of nitrogens with one attached hydrogen (secondary N) is 1. The molecule has 3 N–H and O–H groups in total. The van der Waals surface area contributed by atoms with E-state index < -0.39 is 11.7 Å². The van der Waals surface area contributed by atoms with Gasteiger partial charge in [0.2, 0.25) is 0 Å². The average Bonchev–Trinajstić information content (AvgIpc) is 2.80. The van der Waals surface area contributed by atoms with Gasteiger partial charge in [-0.05, 0) is 18.2 Å². The lowest BCUT2D eigenvalue weighted by Crippen LogP contribution is -2.18. The predicted octanol–water partition coefficient (Wildman–Crippen LogP) is 2.08. The number of hydrogen-bond acceptors (Lipinski definition) is 4. The molecule has 0 bridgehead atoms. The zero-order valence-corrected chi connectivity index (χ0v) is 11.8. The molecule has 2 rings (SSSR count). The summed E-state index contributed by atoms with van der Waals surface area (Å²) in [6.07, 6.45) is -3.02. The Bertz CT molecular complexity index is 665. The Labute approximate surface area is 124 Å². The summed E-state index contributed by atoms with van der Waals surface area (Å²) < 4.78 is 40.7. The molecule has 0 saturated carbocycles. The molecule has 1 aromatic heterocycles.